The van der Waals surface area contributed by atoms with Crippen LogP contribution in [0.1, 0.15) is 34.7 Å². The van der Waals surface area contributed by atoms with Crippen LogP contribution >= 0.6 is 0 Å². The number of Topliss-reactive ketones (excluding diaryl/α,β-unsaturated/α-hetero) is 1. The van der Waals surface area contributed by atoms with E-state index in [0.29, 0.717) is 5.56 Å². The van der Waals surface area contributed by atoms with Crippen molar-refractivity contribution in [1.29, 1.82) is 0 Å². The van der Waals surface area contributed by atoms with Crippen molar-refractivity contribution >= 4 is 17.7 Å². The third-order valence-electron chi connectivity index (χ3n) is 2.63. The van der Waals surface area contributed by atoms with Gasteiger partial charge in [0.25, 0.3) is 5.91 Å². The van der Waals surface area contributed by atoms with Crippen LogP contribution in [0.15, 0.2) is 12.3 Å². The summed E-state index contributed by atoms with van der Waals surface area (Å²) in [6.07, 6.45) is 1.39. The zero-order chi connectivity index (χ0) is 14.6. The van der Waals surface area contributed by atoms with E-state index < -0.39 is 17.4 Å². The van der Waals surface area contributed by atoms with Gasteiger partial charge in [-0.3, -0.25) is 9.59 Å². The normalized spacial score (nSPS) is 13.6. The molecule has 0 saturated heterocycles. The average molecular weight is 268 g/mol. The number of aromatic amines is 1. The van der Waals surface area contributed by atoms with Gasteiger partial charge in [0.1, 0.15) is 5.69 Å². The number of hydrogen-bond acceptors (Lipinski definition) is 4. The van der Waals surface area contributed by atoms with E-state index in [2.05, 4.69) is 10.3 Å². The van der Waals surface area contributed by atoms with Gasteiger partial charge in [0.05, 0.1) is 6.61 Å². The van der Waals surface area contributed by atoms with E-state index in [9.17, 15) is 14.4 Å². The van der Waals surface area contributed by atoms with Gasteiger partial charge in [-0.25, -0.2) is 4.79 Å². The molecular weight excluding hydrogens is 252 g/mol. The van der Waals surface area contributed by atoms with Crippen molar-refractivity contribution in [3.05, 3.63) is 23.5 Å². The molecule has 0 spiro atoms. The first-order valence-electron chi connectivity index (χ1n) is 5.54. The Balaban J connectivity index is 2.87. The van der Waals surface area contributed by atoms with Gasteiger partial charge in [0, 0.05) is 18.9 Å². The molecule has 1 heterocycles. The van der Waals surface area contributed by atoms with Crippen LogP contribution in [0.4, 0.5) is 0 Å². The molecule has 0 aliphatic rings. The maximum atomic E-state index is 11.9. The van der Waals surface area contributed by atoms with Crippen molar-refractivity contribution in [2.75, 3.05) is 13.7 Å². The number of H-pyrrole nitrogens is 1. The summed E-state index contributed by atoms with van der Waals surface area (Å²) in [7, 11) is 1.34. The molecule has 19 heavy (non-hydrogen) atoms. The Morgan fingerprint density at radius 1 is 1.47 bits per heavy atom. The van der Waals surface area contributed by atoms with Crippen molar-refractivity contribution in [2.24, 2.45) is 0 Å². The topological polar surface area (TPSA) is 108 Å². The molecule has 0 fully saturated rings. The smallest absolute Gasteiger partial charge is 0.331 e. The molecule has 7 nitrogen and oxygen atoms in total. The van der Waals surface area contributed by atoms with Crippen molar-refractivity contribution in [1.82, 2.24) is 10.3 Å². The molecule has 0 aromatic carbocycles. The van der Waals surface area contributed by atoms with E-state index in [1.807, 2.05) is 0 Å². The van der Waals surface area contributed by atoms with Crippen molar-refractivity contribution < 1.29 is 24.2 Å². The zero-order valence-electron chi connectivity index (χ0n) is 10.9. The Morgan fingerprint density at radius 3 is 2.53 bits per heavy atom. The van der Waals surface area contributed by atoms with E-state index >= 15 is 0 Å². The molecule has 1 unspecified atom stereocenters. The Bertz CT molecular complexity index is 508. The number of methoxy groups -OCH3 is 1. The fraction of sp³-hybridized carbons (Fsp3) is 0.417. The van der Waals surface area contributed by atoms with Crippen LogP contribution in [0.3, 0.4) is 0 Å². The number of amides is 1. The Labute approximate surface area is 110 Å². The molecule has 0 aliphatic carbocycles. The van der Waals surface area contributed by atoms with E-state index in [1.165, 1.54) is 33.2 Å². The largest absolute Gasteiger partial charge is 0.479 e. The number of carbonyl (C=O) groups is 3. The number of ketones is 1. The molecular formula is C12H16N2O5. The molecule has 0 aliphatic heterocycles. The SMILES string of the molecule is COCC(C)(NC(=O)c1cc(C(C)=O)c[nH]1)C(=O)O. The molecule has 1 rings (SSSR count). The predicted molar refractivity (Wildman–Crippen MR) is 66.2 cm³/mol. The number of carboxylic acid groups (broad SMARTS) is 1. The van der Waals surface area contributed by atoms with E-state index in [-0.39, 0.29) is 18.1 Å². The summed E-state index contributed by atoms with van der Waals surface area (Å²) in [5.74, 6) is -2.01. The lowest BCUT2D eigenvalue weighted by Crippen LogP contribution is -2.55. The second-order valence-electron chi connectivity index (χ2n) is 4.38. The van der Waals surface area contributed by atoms with Crippen LogP contribution in [0.5, 0.6) is 0 Å². The summed E-state index contributed by atoms with van der Waals surface area (Å²) in [5, 5.41) is 11.5. The highest BCUT2D eigenvalue weighted by Crippen LogP contribution is 2.09. The van der Waals surface area contributed by atoms with E-state index in [1.54, 1.807) is 0 Å². The van der Waals surface area contributed by atoms with Crippen LogP contribution in [0, 0.1) is 0 Å². The maximum absolute atomic E-state index is 11.9. The van der Waals surface area contributed by atoms with Crippen LogP contribution in [0.2, 0.25) is 0 Å². The number of carbonyl (C=O) groups excluding carboxylic acids is 2. The Kier molecular flexibility index (Phi) is 4.44. The summed E-state index contributed by atoms with van der Waals surface area (Å²) in [5.41, 5.74) is -1.06. The van der Waals surface area contributed by atoms with Gasteiger partial charge < -0.3 is 20.1 Å². The first-order chi connectivity index (χ1) is 8.80. The average Bonchev–Trinajstić information content (AvgIpc) is 2.78. The molecule has 0 bridgehead atoms. The van der Waals surface area contributed by atoms with Crippen molar-refractivity contribution in [3.63, 3.8) is 0 Å². The number of rotatable bonds is 6. The van der Waals surface area contributed by atoms with Gasteiger partial charge >= 0.3 is 5.97 Å². The number of aromatic nitrogens is 1. The molecule has 1 amide bonds. The van der Waals surface area contributed by atoms with Gasteiger partial charge in [-0.15, -0.1) is 0 Å². The van der Waals surface area contributed by atoms with E-state index in [0.717, 1.165) is 0 Å². The lowest BCUT2D eigenvalue weighted by atomic mass is 10.0. The lowest BCUT2D eigenvalue weighted by Gasteiger charge is -2.24. The lowest BCUT2D eigenvalue weighted by molar-refractivity contribution is -0.145. The van der Waals surface area contributed by atoms with Crippen LogP contribution in [-0.4, -0.2) is 47.0 Å². The fourth-order valence-electron chi connectivity index (χ4n) is 1.49. The minimum atomic E-state index is -1.53. The summed E-state index contributed by atoms with van der Waals surface area (Å²) >= 11 is 0. The number of hydrogen-bond donors (Lipinski definition) is 3. The molecule has 0 radical (unpaired) electrons. The second kappa shape index (κ2) is 5.66. The number of ether oxygens (including phenoxy) is 1. The third-order valence-corrected chi connectivity index (χ3v) is 2.63. The van der Waals surface area contributed by atoms with Gasteiger partial charge in [-0.05, 0) is 19.9 Å². The highest BCUT2D eigenvalue weighted by Gasteiger charge is 2.35. The van der Waals surface area contributed by atoms with Crippen LogP contribution in [-0.2, 0) is 9.53 Å². The maximum Gasteiger partial charge on any atom is 0.331 e. The van der Waals surface area contributed by atoms with Gasteiger partial charge in [0.2, 0.25) is 0 Å². The van der Waals surface area contributed by atoms with Gasteiger partial charge in [0.15, 0.2) is 11.3 Å². The molecule has 1 atom stereocenters. The summed E-state index contributed by atoms with van der Waals surface area (Å²) < 4.78 is 4.79. The number of aliphatic carboxylic acids is 1. The number of nitrogens with one attached hydrogen (secondary N) is 2. The molecule has 7 heteroatoms. The zero-order valence-corrected chi connectivity index (χ0v) is 10.9. The highest BCUT2D eigenvalue weighted by atomic mass is 16.5. The first kappa shape index (κ1) is 14.9. The molecule has 0 saturated carbocycles. The summed E-state index contributed by atoms with van der Waals surface area (Å²) in [6, 6.07) is 1.37. The summed E-state index contributed by atoms with van der Waals surface area (Å²) in [4.78, 5) is 36.8. The molecule has 3 N–H and O–H groups in total. The summed E-state index contributed by atoms with van der Waals surface area (Å²) in [6.45, 7) is 2.54. The van der Waals surface area contributed by atoms with Crippen LogP contribution < -0.4 is 5.32 Å². The Hall–Kier alpha value is -2.15. The quantitative estimate of drug-likeness (QED) is 0.648. The second-order valence-corrected chi connectivity index (χ2v) is 4.38. The Morgan fingerprint density at radius 2 is 2.11 bits per heavy atom. The number of carboxylic acids is 1. The van der Waals surface area contributed by atoms with Crippen molar-refractivity contribution in [2.45, 2.75) is 19.4 Å². The highest BCUT2D eigenvalue weighted by molar-refractivity contribution is 6.00. The minimum Gasteiger partial charge on any atom is -0.479 e. The van der Waals surface area contributed by atoms with Crippen LogP contribution in [0.25, 0.3) is 0 Å². The monoisotopic (exact) mass is 268 g/mol. The standard InChI is InChI=1S/C12H16N2O5/c1-7(15)8-4-9(13-5-8)10(16)14-12(2,6-19-3)11(17)18/h4-5,13H,6H2,1-3H3,(H,14,16)(H,17,18). The molecule has 1 aromatic heterocycles. The van der Waals surface area contributed by atoms with Gasteiger partial charge in [-0.1, -0.05) is 0 Å². The minimum absolute atomic E-state index is 0.119. The van der Waals surface area contributed by atoms with Crippen molar-refractivity contribution in [3.8, 4) is 0 Å². The third kappa shape index (κ3) is 3.41. The van der Waals surface area contributed by atoms with E-state index in [4.69, 9.17) is 9.84 Å². The molecule has 1 aromatic rings. The first-order valence-corrected chi connectivity index (χ1v) is 5.54. The fourth-order valence-corrected chi connectivity index (χ4v) is 1.49. The predicted octanol–water partition coefficient (Wildman–Crippen LogP) is 0.437. The molecule has 104 valence electrons. The van der Waals surface area contributed by atoms with Gasteiger partial charge in [-0.2, -0.15) is 0 Å².